The first-order valence-corrected chi connectivity index (χ1v) is 11.3. The third-order valence-corrected chi connectivity index (χ3v) is 6.70. The van der Waals surface area contributed by atoms with E-state index in [2.05, 4.69) is 39.4 Å². The lowest BCUT2D eigenvalue weighted by molar-refractivity contribution is -0.122. The molecule has 1 N–H and O–H groups in total. The topological polar surface area (TPSA) is 48.5 Å². The number of hydrogen-bond acceptors (Lipinski definition) is 5. The maximum Gasteiger partial charge on any atom is 0.234 e. The van der Waals surface area contributed by atoms with Crippen LogP contribution in [0.5, 0.6) is 0 Å². The van der Waals surface area contributed by atoms with Gasteiger partial charge in [0.2, 0.25) is 5.91 Å². The number of nitrogens with one attached hydrogen (secondary N) is 1. The second-order valence-electron chi connectivity index (χ2n) is 7.84. The number of hydrogen-bond donors (Lipinski definition) is 1. The fourth-order valence-electron chi connectivity index (χ4n) is 4.04. The van der Waals surface area contributed by atoms with Crippen molar-refractivity contribution in [3.05, 3.63) is 40.9 Å². The average molecular weight is 399 g/mol. The number of benzene rings is 1. The molecule has 0 radical (unpaired) electrons. The molecule has 1 aliphatic carbocycles. The van der Waals surface area contributed by atoms with Gasteiger partial charge in [-0.05, 0) is 44.2 Å². The van der Waals surface area contributed by atoms with E-state index < -0.39 is 0 Å². The Balaban J connectivity index is 1.15. The highest BCUT2D eigenvalue weighted by Crippen LogP contribution is 2.23. The molecule has 0 atom stereocenters. The first-order valence-electron chi connectivity index (χ1n) is 10.5. The molecule has 6 heteroatoms. The van der Waals surface area contributed by atoms with E-state index >= 15 is 0 Å². The van der Waals surface area contributed by atoms with E-state index in [1.807, 2.05) is 6.07 Å². The molecule has 150 valence electrons. The quantitative estimate of drug-likeness (QED) is 0.726. The Morgan fingerprint density at radius 3 is 2.71 bits per heavy atom. The molecule has 5 nitrogen and oxygen atoms in total. The number of rotatable bonds is 7. The van der Waals surface area contributed by atoms with Gasteiger partial charge in [-0.2, -0.15) is 0 Å². The summed E-state index contributed by atoms with van der Waals surface area (Å²) < 4.78 is 1.26. The monoisotopic (exact) mass is 398 g/mol. The summed E-state index contributed by atoms with van der Waals surface area (Å²) in [6.07, 6.45) is 8.43. The van der Waals surface area contributed by atoms with Crippen LogP contribution in [-0.4, -0.2) is 60.0 Å². The lowest BCUT2D eigenvalue weighted by Gasteiger charge is -2.33. The number of piperazine rings is 1. The maximum atomic E-state index is 12.2. The minimum Gasteiger partial charge on any atom is -0.355 e. The number of carbonyl (C=O) groups is 1. The van der Waals surface area contributed by atoms with Gasteiger partial charge in [-0.25, -0.2) is 4.98 Å². The Labute approximate surface area is 171 Å². The molecule has 2 aliphatic rings. The van der Waals surface area contributed by atoms with Gasteiger partial charge in [0.15, 0.2) is 0 Å². The molecule has 0 spiro atoms. The van der Waals surface area contributed by atoms with Crippen molar-refractivity contribution in [3.63, 3.8) is 0 Å². The first kappa shape index (κ1) is 19.6. The number of carbonyl (C=O) groups excluding carboxylic acids is 1. The highest BCUT2D eigenvalue weighted by Gasteiger charge is 2.20. The zero-order valence-electron chi connectivity index (χ0n) is 16.5. The predicted molar refractivity (Wildman–Crippen MR) is 116 cm³/mol. The van der Waals surface area contributed by atoms with E-state index in [4.69, 9.17) is 4.98 Å². The third-order valence-electron chi connectivity index (χ3n) is 5.68. The van der Waals surface area contributed by atoms with E-state index in [1.165, 1.54) is 41.0 Å². The van der Waals surface area contributed by atoms with Crippen LogP contribution < -0.4 is 5.32 Å². The van der Waals surface area contributed by atoms with Gasteiger partial charge < -0.3 is 5.32 Å². The number of allylic oxidation sites excluding steroid dienone is 1. The molecular weight excluding hydrogens is 368 g/mol. The lowest BCUT2D eigenvalue weighted by Crippen LogP contribution is -2.49. The van der Waals surface area contributed by atoms with Crippen LogP contribution >= 0.6 is 11.3 Å². The molecule has 1 aliphatic heterocycles. The molecule has 1 fully saturated rings. The van der Waals surface area contributed by atoms with Crippen molar-refractivity contribution in [3.8, 4) is 0 Å². The number of fused-ring (bicyclic) bond motifs is 1. The van der Waals surface area contributed by atoms with Crippen LogP contribution in [0.1, 0.15) is 37.1 Å². The van der Waals surface area contributed by atoms with Gasteiger partial charge >= 0.3 is 0 Å². The van der Waals surface area contributed by atoms with Crippen LogP contribution in [0.3, 0.4) is 0 Å². The SMILES string of the molecule is O=C(CN1CCN(Cc2nc3ccccc3s2)CC1)NCCC1=CCCCC1. The van der Waals surface area contributed by atoms with Crippen LogP contribution in [0.25, 0.3) is 10.2 Å². The average Bonchev–Trinajstić information content (AvgIpc) is 3.12. The molecular formula is C22H30N4OS. The lowest BCUT2D eigenvalue weighted by atomic mass is 9.97. The van der Waals surface area contributed by atoms with E-state index in [0.717, 1.165) is 51.2 Å². The van der Waals surface area contributed by atoms with Crippen molar-refractivity contribution < 1.29 is 4.79 Å². The van der Waals surface area contributed by atoms with Crippen molar-refractivity contribution in [1.82, 2.24) is 20.1 Å². The van der Waals surface area contributed by atoms with Crippen molar-refractivity contribution in [2.45, 2.75) is 38.6 Å². The van der Waals surface area contributed by atoms with Gasteiger partial charge in [0.1, 0.15) is 5.01 Å². The molecule has 1 amide bonds. The first-order chi connectivity index (χ1) is 13.8. The molecule has 0 bridgehead atoms. The van der Waals surface area contributed by atoms with Gasteiger partial charge in [0, 0.05) is 32.7 Å². The van der Waals surface area contributed by atoms with Crippen LogP contribution in [-0.2, 0) is 11.3 Å². The van der Waals surface area contributed by atoms with Gasteiger partial charge in [-0.1, -0.05) is 23.8 Å². The summed E-state index contributed by atoms with van der Waals surface area (Å²) in [5.74, 6) is 0.163. The summed E-state index contributed by atoms with van der Waals surface area (Å²) >= 11 is 1.79. The van der Waals surface area contributed by atoms with E-state index in [0.29, 0.717) is 6.54 Å². The standard InChI is InChI=1S/C22H30N4OS/c27-21(23-11-10-18-6-2-1-3-7-18)16-25-12-14-26(15-13-25)17-22-24-19-8-4-5-9-20(19)28-22/h4-6,8-9H,1-3,7,10-17H2,(H,23,27). The summed E-state index contributed by atoms with van der Waals surface area (Å²) in [6.45, 7) is 6.10. The zero-order valence-corrected chi connectivity index (χ0v) is 17.3. The minimum absolute atomic E-state index is 0.163. The van der Waals surface area contributed by atoms with Crippen molar-refractivity contribution in [1.29, 1.82) is 0 Å². The van der Waals surface area contributed by atoms with Crippen molar-refractivity contribution >= 4 is 27.5 Å². The molecule has 2 aromatic rings. The Hall–Kier alpha value is -1.76. The minimum atomic E-state index is 0.163. The fourth-order valence-corrected chi connectivity index (χ4v) is 5.05. The molecule has 1 aromatic carbocycles. The fraction of sp³-hybridized carbons (Fsp3) is 0.545. The summed E-state index contributed by atoms with van der Waals surface area (Å²) in [4.78, 5) is 21.7. The highest BCUT2D eigenvalue weighted by atomic mass is 32.1. The van der Waals surface area contributed by atoms with Crippen molar-refractivity contribution in [2.24, 2.45) is 0 Å². The molecule has 1 aromatic heterocycles. The van der Waals surface area contributed by atoms with Crippen molar-refractivity contribution in [2.75, 3.05) is 39.3 Å². The largest absolute Gasteiger partial charge is 0.355 e. The molecule has 0 unspecified atom stereocenters. The van der Waals surface area contributed by atoms with Crippen LogP contribution in [0.2, 0.25) is 0 Å². The Kier molecular flexibility index (Phi) is 6.73. The molecule has 28 heavy (non-hydrogen) atoms. The third kappa shape index (κ3) is 5.40. The zero-order chi connectivity index (χ0) is 19.2. The summed E-state index contributed by atoms with van der Waals surface area (Å²) in [5, 5.41) is 4.28. The highest BCUT2D eigenvalue weighted by molar-refractivity contribution is 7.18. The van der Waals surface area contributed by atoms with E-state index in [1.54, 1.807) is 11.3 Å². The Morgan fingerprint density at radius 1 is 1.11 bits per heavy atom. The predicted octanol–water partition coefficient (Wildman–Crippen LogP) is 3.42. The second kappa shape index (κ2) is 9.63. The molecule has 0 saturated carbocycles. The summed E-state index contributed by atoms with van der Waals surface area (Å²) in [6, 6.07) is 8.33. The van der Waals surface area contributed by atoms with Gasteiger partial charge in [-0.3, -0.25) is 14.6 Å². The van der Waals surface area contributed by atoms with Gasteiger partial charge in [0.25, 0.3) is 0 Å². The number of aromatic nitrogens is 1. The summed E-state index contributed by atoms with van der Waals surface area (Å²) in [7, 11) is 0. The maximum absolute atomic E-state index is 12.2. The number of amides is 1. The second-order valence-corrected chi connectivity index (χ2v) is 8.95. The van der Waals surface area contributed by atoms with Crippen LogP contribution in [0, 0.1) is 0 Å². The number of para-hydroxylation sites is 1. The smallest absolute Gasteiger partial charge is 0.234 e. The van der Waals surface area contributed by atoms with Gasteiger partial charge in [-0.15, -0.1) is 11.3 Å². The summed E-state index contributed by atoms with van der Waals surface area (Å²) in [5.41, 5.74) is 2.62. The van der Waals surface area contributed by atoms with E-state index in [-0.39, 0.29) is 5.91 Å². The molecule has 2 heterocycles. The van der Waals surface area contributed by atoms with Gasteiger partial charge in [0.05, 0.1) is 23.3 Å². The van der Waals surface area contributed by atoms with Crippen LogP contribution in [0.4, 0.5) is 0 Å². The number of thiazole rings is 1. The normalized spacial score (nSPS) is 18.9. The number of nitrogens with zero attached hydrogens (tertiary/aromatic N) is 3. The Morgan fingerprint density at radius 2 is 1.93 bits per heavy atom. The van der Waals surface area contributed by atoms with Crippen LogP contribution in [0.15, 0.2) is 35.9 Å². The molecule has 4 rings (SSSR count). The molecule has 1 saturated heterocycles. The Bertz CT molecular complexity index is 790. The van der Waals surface area contributed by atoms with E-state index in [9.17, 15) is 4.79 Å².